The Kier molecular flexibility index (Phi) is 1.39. The monoisotopic (exact) mass is 199 g/mol. The van der Waals surface area contributed by atoms with Crippen molar-refractivity contribution in [2.45, 2.75) is 0 Å². The van der Waals surface area contributed by atoms with Gasteiger partial charge in [-0.1, -0.05) is 29.5 Å². The molecule has 0 radical (unpaired) electrons. The number of hydrogen-bond donors (Lipinski definition) is 1. The van der Waals surface area contributed by atoms with Gasteiger partial charge in [0, 0.05) is 11.1 Å². The van der Waals surface area contributed by atoms with Crippen molar-refractivity contribution < 1.29 is 9.59 Å². The van der Waals surface area contributed by atoms with E-state index < -0.39 is 11.6 Å². The fourth-order valence-corrected chi connectivity index (χ4v) is 1.70. The highest BCUT2D eigenvalue weighted by Gasteiger charge is 2.32. The van der Waals surface area contributed by atoms with E-state index in [2.05, 4.69) is 15.4 Å². The highest BCUT2D eigenvalue weighted by atomic mass is 16.2. The summed E-state index contributed by atoms with van der Waals surface area (Å²) in [5.41, 5.74) is 1.72. The third-order valence-electron chi connectivity index (χ3n) is 2.41. The fraction of sp³-hybridized carbons (Fsp3) is 0. The molecular formula is C10H5N3O2. The molecule has 0 saturated carbocycles. The Morgan fingerprint density at radius 1 is 1.00 bits per heavy atom. The zero-order valence-corrected chi connectivity index (χ0v) is 7.52. The molecule has 0 fully saturated rings. The van der Waals surface area contributed by atoms with E-state index in [1.165, 1.54) is 0 Å². The number of hydrogen-bond acceptors (Lipinski definition) is 4. The Morgan fingerprint density at radius 3 is 2.53 bits per heavy atom. The van der Waals surface area contributed by atoms with Crippen molar-refractivity contribution in [2.75, 3.05) is 0 Å². The molecule has 5 heteroatoms. The second-order valence-electron chi connectivity index (χ2n) is 3.24. The molecule has 0 saturated heterocycles. The molecule has 1 aromatic heterocycles. The standard InChI is InChI=1S/C10H5N3O2/c14-9-6-4-2-1-3-5(6)7-8(10(9)15)12-13-11-7/h1-4H,(H,11,12,13). The van der Waals surface area contributed by atoms with Gasteiger partial charge in [-0.2, -0.15) is 0 Å². The Morgan fingerprint density at radius 2 is 1.73 bits per heavy atom. The fourth-order valence-electron chi connectivity index (χ4n) is 1.70. The third kappa shape index (κ3) is 0.914. The van der Waals surface area contributed by atoms with Gasteiger partial charge < -0.3 is 0 Å². The second-order valence-corrected chi connectivity index (χ2v) is 3.24. The number of carbonyl (C=O) groups excluding carboxylic acids is 2. The van der Waals surface area contributed by atoms with Gasteiger partial charge in [0.05, 0.1) is 5.69 Å². The second kappa shape index (κ2) is 2.60. The summed E-state index contributed by atoms with van der Waals surface area (Å²) in [6, 6.07) is 6.91. The van der Waals surface area contributed by atoms with Crippen molar-refractivity contribution in [3.8, 4) is 11.3 Å². The lowest BCUT2D eigenvalue weighted by atomic mass is 9.90. The zero-order valence-electron chi connectivity index (χ0n) is 7.52. The SMILES string of the molecule is O=C1C(=O)c2nn[nH]c2-c2ccccc21. The van der Waals surface area contributed by atoms with Gasteiger partial charge in [0.1, 0.15) is 0 Å². The molecule has 0 bridgehead atoms. The molecule has 15 heavy (non-hydrogen) atoms. The first kappa shape index (κ1) is 8.05. The molecule has 1 N–H and O–H groups in total. The summed E-state index contributed by atoms with van der Waals surface area (Å²) >= 11 is 0. The van der Waals surface area contributed by atoms with Crippen LogP contribution in [-0.2, 0) is 0 Å². The van der Waals surface area contributed by atoms with Gasteiger partial charge in [-0.05, 0) is 0 Å². The number of aromatic nitrogens is 3. The van der Waals surface area contributed by atoms with Crippen molar-refractivity contribution in [1.29, 1.82) is 0 Å². The number of fused-ring (bicyclic) bond motifs is 3. The number of aromatic amines is 1. The molecule has 1 aliphatic rings. The van der Waals surface area contributed by atoms with Crippen LogP contribution in [0.2, 0.25) is 0 Å². The molecule has 1 heterocycles. The van der Waals surface area contributed by atoms with Gasteiger partial charge >= 0.3 is 0 Å². The van der Waals surface area contributed by atoms with E-state index in [0.717, 1.165) is 0 Å². The maximum absolute atomic E-state index is 11.6. The quantitative estimate of drug-likeness (QED) is 0.638. The minimum Gasteiger partial charge on any atom is -0.285 e. The Labute approximate surface area is 84.1 Å². The first-order valence-corrected chi connectivity index (χ1v) is 4.38. The van der Waals surface area contributed by atoms with Crippen LogP contribution >= 0.6 is 0 Å². The smallest absolute Gasteiger partial charge is 0.256 e. The minimum absolute atomic E-state index is 0.110. The lowest BCUT2D eigenvalue weighted by Gasteiger charge is -2.11. The van der Waals surface area contributed by atoms with Crippen molar-refractivity contribution in [2.24, 2.45) is 0 Å². The van der Waals surface area contributed by atoms with E-state index in [0.29, 0.717) is 16.8 Å². The molecule has 0 atom stereocenters. The van der Waals surface area contributed by atoms with Gasteiger partial charge in [0.15, 0.2) is 5.69 Å². The summed E-state index contributed by atoms with van der Waals surface area (Å²) < 4.78 is 0. The number of nitrogens with one attached hydrogen (secondary N) is 1. The highest BCUT2D eigenvalue weighted by Crippen LogP contribution is 2.29. The van der Waals surface area contributed by atoms with E-state index in [-0.39, 0.29) is 5.69 Å². The molecule has 5 nitrogen and oxygen atoms in total. The van der Waals surface area contributed by atoms with Gasteiger partial charge in [-0.3, -0.25) is 14.7 Å². The molecule has 1 aromatic carbocycles. The third-order valence-corrected chi connectivity index (χ3v) is 2.41. The molecule has 0 unspecified atom stereocenters. The van der Waals surface area contributed by atoms with Gasteiger partial charge in [0.25, 0.3) is 5.78 Å². The number of benzene rings is 1. The van der Waals surface area contributed by atoms with Gasteiger partial charge in [0.2, 0.25) is 5.78 Å². The average molecular weight is 199 g/mol. The molecule has 0 aliphatic heterocycles. The maximum Gasteiger partial charge on any atom is 0.256 e. The Bertz CT molecular complexity index is 586. The number of H-pyrrole nitrogens is 1. The van der Waals surface area contributed by atoms with E-state index in [4.69, 9.17) is 0 Å². The lowest BCUT2D eigenvalue weighted by Crippen LogP contribution is -2.21. The average Bonchev–Trinajstić information content (AvgIpc) is 2.75. The number of Topliss-reactive ketones (excluding diaryl/α,β-unsaturated/α-hetero) is 2. The molecule has 0 spiro atoms. The molecule has 2 aromatic rings. The molecule has 0 amide bonds. The summed E-state index contributed by atoms with van der Waals surface area (Å²) in [5.74, 6) is -1.12. The summed E-state index contributed by atoms with van der Waals surface area (Å²) in [6.45, 7) is 0. The number of nitrogens with zero attached hydrogens (tertiary/aromatic N) is 2. The summed E-state index contributed by atoms with van der Waals surface area (Å²) in [6.07, 6.45) is 0. The molecule has 3 rings (SSSR count). The van der Waals surface area contributed by atoms with Crippen molar-refractivity contribution >= 4 is 11.6 Å². The lowest BCUT2D eigenvalue weighted by molar-refractivity contribution is 0.0812. The Balaban J connectivity index is 2.42. The van der Waals surface area contributed by atoms with Crippen molar-refractivity contribution in [3.05, 3.63) is 35.5 Å². The first-order valence-electron chi connectivity index (χ1n) is 4.38. The van der Waals surface area contributed by atoms with Gasteiger partial charge in [-0.25, -0.2) is 0 Å². The number of rotatable bonds is 0. The molecule has 72 valence electrons. The summed E-state index contributed by atoms with van der Waals surface area (Å²) in [4.78, 5) is 23.2. The summed E-state index contributed by atoms with van der Waals surface area (Å²) in [7, 11) is 0. The normalized spacial score (nSPS) is 13.6. The maximum atomic E-state index is 11.6. The molecule has 1 aliphatic carbocycles. The van der Waals surface area contributed by atoms with Gasteiger partial charge in [-0.15, -0.1) is 5.10 Å². The van der Waals surface area contributed by atoms with Crippen LogP contribution in [-0.4, -0.2) is 27.0 Å². The van der Waals surface area contributed by atoms with E-state index in [1.807, 2.05) is 0 Å². The van der Waals surface area contributed by atoms with Crippen LogP contribution < -0.4 is 0 Å². The topological polar surface area (TPSA) is 75.7 Å². The number of ketones is 2. The van der Waals surface area contributed by atoms with E-state index >= 15 is 0 Å². The number of carbonyl (C=O) groups is 2. The van der Waals surface area contributed by atoms with Crippen LogP contribution in [0, 0.1) is 0 Å². The van der Waals surface area contributed by atoms with Crippen LogP contribution in [0.3, 0.4) is 0 Å². The first-order chi connectivity index (χ1) is 7.29. The molecular weight excluding hydrogens is 194 g/mol. The van der Waals surface area contributed by atoms with Crippen LogP contribution in [0.1, 0.15) is 20.8 Å². The highest BCUT2D eigenvalue weighted by molar-refractivity contribution is 6.52. The van der Waals surface area contributed by atoms with Crippen LogP contribution in [0.25, 0.3) is 11.3 Å². The predicted octanol–water partition coefficient (Wildman–Crippen LogP) is 0.851. The van der Waals surface area contributed by atoms with E-state index in [9.17, 15) is 9.59 Å². The van der Waals surface area contributed by atoms with Crippen molar-refractivity contribution in [3.63, 3.8) is 0 Å². The Hall–Kier alpha value is -2.30. The van der Waals surface area contributed by atoms with Crippen molar-refractivity contribution in [1.82, 2.24) is 15.4 Å². The van der Waals surface area contributed by atoms with Crippen LogP contribution in [0.15, 0.2) is 24.3 Å². The van der Waals surface area contributed by atoms with Crippen LogP contribution in [0.5, 0.6) is 0 Å². The van der Waals surface area contributed by atoms with E-state index in [1.54, 1.807) is 24.3 Å². The zero-order chi connectivity index (χ0) is 10.4. The minimum atomic E-state index is -0.600. The summed E-state index contributed by atoms with van der Waals surface area (Å²) in [5, 5.41) is 9.78. The predicted molar refractivity (Wildman–Crippen MR) is 50.5 cm³/mol. The largest absolute Gasteiger partial charge is 0.285 e. The van der Waals surface area contributed by atoms with Crippen LogP contribution in [0.4, 0.5) is 0 Å².